The number of amides is 1. The van der Waals surface area contributed by atoms with Crippen molar-refractivity contribution in [2.45, 2.75) is 0 Å². The van der Waals surface area contributed by atoms with Crippen molar-refractivity contribution in [2.24, 2.45) is 0 Å². The maximum Gasteiger partial charge on any atom is 0.293 e. The molecule has 3 aromatic carbocycles. The maximum absolute atomic E-state index is 12.7. The minimum absolute atomic E-state index is 0.000785. The number of thiocarbonyl (C=S) groups is 1. The number of rotatable bonds is 6. The van der Waals surface area contributed by atoms with Gasteiger partial charge in [-0.1, -0.05) is 24.3 Å². The average Bonchev–Trinajstić information content (AvgIpc) is 3.56. The molecule has 2 aromatic heterocycles. The highest BCUT2D eigenvalue weighted by Gasteiger charge is 2.17. The second kappa shape index (κ2) is 10.2. The Bertz CT molecular complexity index is 1630. The van der Waals surface area contributed by atoms with Crippen LogP contribution >= 0.6 is 23.6 Å². The van der Waals surface area contributed by atoms with Crippen molar-refractivity contribution < 1.29 is 18.9 Å². The van der Waals surface area contributed by atoms with E-state index in [9.17, 15) is 14.9 Å². The number of para-hydroxylation sites is 1. The van der Waals surface area contributed by atoms with Gasteiger partial charge in [0.05, 0.1) is 27.9 Å². The second-order valence-electron chi connectivity index (χ2n) is 7.78. The van der Waals surface area contributed by atoms with Crippen molar-refractivity contribution >= 4 is 56.2 Å². The fourth-order valence-corrected chi connectivity index (χ4v) is 4.81. The summed E-state index contributed by atoms with van der Waals surface area (Å²) in [5, 5.41) is 17.5. The zero-order chi connectivity index (χ0) is 25.9. The zero-order valence-electron chi connectivity index (χ0n) is 19.3. The lowest BCUT2D eigenvalue weighted by Gasteiger charge is -2.13. The van der Waals surface area contributed by atoms with Crippen LogP contribution in [0, 0.1) is 10.1 Å². The van der Waals surface area contributed by atoms with Crippen LogP contribution in [0.1, 0.15) is 10.6 Å². The molecule has 11 heteroatoms. The van der Waals surface area contributed by atoms with Gasteiger partial charge in [0.1, 0.15) is 16.5 Å². The highest BCUT2D eigenvalue weighted by molar-refractivity contribution is 7.80. The van der Waals surface area contributed by atoms with Crippen LogP contribution in [-0.2, 0) is 0 Å². The number of nitrogens with one attached hydrogen (secondary N) is 2. The molecule has 2 heterocycles. The number of benzene rings is 3. The molecular weight excluding hydrogens is 512 g/mol. The van der Waals surface area contributed by atoms with Crippen molar-refractivity contribution in [3.05, 3.63) is 94.7 Å². The number of nitrogens with zero attached hydrogens (tertiary/aromatic N) is 2. The van der Waals surface area contributed by atoms with E-state index in [0.29, 0.717) is 22.8 Å². The monoisotopic (exact) mass is 530 g/mol. The fraction of sp³-hybridized carbons (Fsp3) is 0.0385. The predicted molar refractivity (Wildman–Crippen MR) is 146 cm³/mol. The van der Waals surface area contributed by atoms with Gasteiger partial charge in [-0.05, 0) is 54.7 Å². The molecule has 0 saturated heterocycles. The Hall–Kier alpha value is -4.61. The number of thiazole rings is 1. The second-order valence-corrected chi connectivity index (χ2v) is 9.22. The number of nitro groups is 1. The van der Waals surface area contributed by atoms with Crippen LogP contribution in [0.4, 0.5) is 11.4 Å². The molecule has 5 rings (SSSR count). The molecule has 0 saturated carbocycles. The number of anilines is 1. The lowest BCUT2D eigenvalue weighted by Crippen LogP contribution is -2.34. The van der Waals surface area contributed by atoms with Gasteiger partial charge < -0.3 is 14.5 Å². The topological polar surface area (TPSA) is 120 Å². The quantitative estimate of drug-likeness (QED) is 0.150. The molecule has 9 nitrogen and oxygen atoms in total. The van der Waals surface area contributed by atoms with Crippen LogP contribution in [0.25, 0.3) is 32.1 Å². The molecule has 0 spiro atoms. The Morgan fingerprint density at radius 2 is 1.89 bits per heavy atom. The number of non-ortho nitro benzene ring substituents is 1. The number of hydrogen-bond donors (Lipinski definition) is 2. The van der Waals surface area contributed by atoms with Crippen LogP contribution in [-0.4, -0.2) is 28.0 Å². The number of fused-ring (bicyclic) bond motifs is 1. The molecule has 0 radical (unpaired) electrons. The van der Waals surface area contributed by atoms with Gasteiger partial charge in [-0.2, -0.15) is 0 Å². The standard InChI is InChI=1S/C26H18N4O5S2/c1-34-21-10-9-16(25-27-18-7-2-3-8-23(18)37-25)14-19(21)28-26(36)29-24(31)22-12-11-20(35-22)15-5-4-6-17(13-15)30(32)33/h2-14H,1H3,(H2,28,29,31,36). The van der Waals surface area contributed by atoms with Crippen LogP contribution in [0.5, 0.6) is 5.75 Å². The summed E-state index contributed by atoms with van der Waals surface area (Å²) in [4.78, 5) is 28.0. The van der Waals surface area contributed by atoms with Gasteiger partial charge in [-0.15, -0.1) is 11.3 Å². The molecule has 1 amide bonds. The lowest BCUT2D eigenvalue weighted by molar-refractivity contribution is -0.384. The molecule has 0 aliphatic heterocycles. The van der Waals surface area contributed by atoms with E-state index < -0.39 is 10.8 Å². The van der Waals surface area contributed by atoms with E-state index in [0.717, 1.165) is 20.8 Å². The highest BCUT2D eigenvalue weighted by Crippen LogP contribution is 2.35. The number of furan rings is 1. The Morgan fingerprint density at radius 3 is 2.68 bits per heavy atom. The van der Waals surface area contributed by atoms with E-state index in [-0.39, 0.29) is 16.6 Å². The van der Waals surface area contributed by atoms with E-state index in [1.165, 1.54) is 25.3 Å². The first-order chi connectivity index (χ1) is 17.9. The summed E-state index contributed by atoms with van der Waals surface area (Å²) >= 11 is 6.92. The molecule has 0 atom stereocenters. The van der Waals surface area contributed by atoms with Crippen molar-refractivity contribution in [1.82, 2.24) is 10.3 Å². The van der Waals surface area contributed by atoms with E-state index >= 15 is 0 Å². The fourth-order valence-electron chi connectivity index (χ4n) is 3.64. The molecule has 37 heavy (non-hydrogen) atoms. The maximum atomic E-state index is 12.7. The van der Waals surface area contributed by atoms with Crippen molar-refractivity contribution in [3.8, 4) is 27.6 Å². The molecule has 2 N–H and O–H groups in total. The Labute approximate surface area is 219 Å². The summed E-state index contributed by atoms with van der Waals surface area (Å²) in [5.41, 5.74) is 2.74. The third-order valence-corrected chi connectivity index (χ3v) is 6.68. The number of aromatic nitrogens is 1. The van der Waals surface area contributed by atoms with Gasteiger partial charge in [0, 0.05) is 23.3 Å². The molecular formula is C26H18N4O5S2. The largest absolute Gasteiger partial charge is 0.495 e. The number of nitro benzene ring substituents is 1. The first-order valence-electron chi connectivity index (χ1n) is 10.9. The highest BCUT2D eigenvalue weighted by atomic mass is 32.1. The van der Waals surface area contributed by atoms with Gasteiger partial charge in [-0.25, -0.2) is 4.98 Å². The lowest BCUT2D eigenvalue weighted by atomic mass is 10.1. The Morgan fingerprint density at radius 1 is 1.05 bits per heavy atom. The van der Waals surface area contributed by atoms with Crippen LogP contribution in [0.15, 0.2) is 83.3 Å². The summed E-state index contributed by atoms with van der Waals surface area (Å²) in [6, 6.07) is 22.4. The van der Waals surface area contributed by atoms with E-state index in [1.807, 2.05) is 36.4 Å². The van der Waals surface area contributed by atoms with Crippen LogP contribution in [0.3, 0.4) is 0 Å². The molecule has 0 unspecified atom stereocenters. The number of carbonyl (C=O) groups is 1. The van der Waals surface area contributed by atoms with Gasteiger partial charge in [-0.3, -0.25) is 20.2 Å². The minimum atomic E-state index is -0.574. The SMILES string of the molecule is COc1ccc(-c2nc3ccccc3s2)cc1NC(=S)NC(=O)c1ccc(-c2cccc([N+](=O)[O-])c2)o1. The summed E-state index contributed by atoms with van der Waals surface area (Å²) in [7, 11) is 1.54. The average molecular weight is 531 g/mol. The normalized spacial score (nSPS) is 10.7. The Kier molecular flexibility index (Phi) is 6.62. The van der Waals surface area contributed by atoms with Crippen molar-refractivity contribution in [3.63, 3.8) is 0 Å². The molecule has 0 fully saturated rings. The minimum Gasteiger partial charge on any atom is -0.495 e. The van der Waals surface area contributed by atoms with E-state index in [2.05, 4.69) is 15.6 Å². The van der Waals surface area contributed by atoms with Gasteiger partial charge >= 0.3 is 0 Å². The first-order valence-corrected chi connectivity index (χ1v) is 12.1. The molecule has 0 aliphatic rings. The molecule has 0 aliphatic carbocycles. The predicted octanol–water partition coefficient (Wildman–Crippen LogP) is 6.27. The van der Waals surface area contributed by atoms with Gasteiger partial charge in [0.25, 0.3) is 11.6 Å². The third-order valence-electron chi connectivity index (χ3n) is 5.39. The molecule has 184 valence electrons. The smallest absolute Gasteiger partial charge is 0.293 e. The van der Waals surface area contributed by atoms with Gasteiger partial charge in [0.2, 0.25) is 0 Å². The van der Waals surface area contributed by atoms with Crippen molar-refractivity contribution in [1.29, 1.82) is 0 Å². The third kappa shape index (κ3) is 5.17. The molecule has 5 aromatic rings. The van der Waals surface area contributed by atoms with Crippen LogP contribution < -0.4 is 15.4 Å². The number of ether oxygens (including phenoxy) is 1. The summed E-state index contributed by atoms with van der Waals surface area (Å²) < 4.78 is 12.1. The van der Waals surface area contributed by atoms with E-state index in [1.54, 1.807) is 35.6 Å². The summed E-state index contributed by atoms with van der Waals surface area (Å²) in [6.07, 6.45) is 0. The number of carbonyl (C=O) groups excluding carboxylic acids is 1. The van der Waals surface area contributed by atoms with Crippen molar-refractivity contribution in [2.75, 3.05) is 12.4 Å². The number of methoxy groups -OCH3 is 1. The molecule has 0 bridgehead atoms. The van der Waals surface area contributed by atoms with Gasteiger partial charge in [0.15, 0.2) is 10.9 Å². The zero-order valence-corrected chi connectivity index (χ0v) is 20.9. The summed E-state index contributed by atoms with van der Waals surface area (Å²) in [6.45, 7) is 0. The van der Waals surface area contributed by atoms with E-state index in [4.69, 9.17) is 21.4 Å². The number of hydrogen-bond acceptors (Lipinski definition) is 8. The summed E-state index contributed by atoms with van der Waals surface area (Å²) in [5.74, 6) is 0.279. The van der Waals surface area contributed by atoms with Crippen LogP contribution in [0.2, 0.25) is 0 Å². The Balaban J connectivity index is 1.31. The first kappa shape index (κ1) is 24.1.